The maximum absolute atomic E-state index is 12.8. The Morgan fingerprint density at radius 1 is 1.17 bits per heavy atom. The molecule has 0 aliphatic heterocycles. The average Bonchev–Trinajstić information content (AvgIpc) is 2.60. The van der Waals surface area contributed by atoms with Gasteiger partial charge in [-0.05, 0) is 31.2 Å². The summed E-state index contributed by atoms with van der Waals surface area (Å²) in [6, 6.07) is 15.1. The van der Waals surface area contributed by atoms with Crippen LogP contribution in [0.4, 0.5) is 5.69 Å². The van der Waals surface area contributed by atoms with Gasteiger partial charge in [-0.3, -0.25) is 4.79 Å². The fraction of sp³-hybridized carbons (Fsp3) is 0.158. The van der Waals surface area contributed by atoms with Gasteiger partial charge in [0.15, 0.2) is 0 Å². The van der Waals surface area contributed by atoms with Crippen LogP contribution >= 0.6 is 12.2 Å². The highest BCUT2D eigenvalue weighted by molar-refractivity contribution is 7.81. The van der Waals surface area contributed by atoms with E-state index in [9.17, 15) is 9.90 Å². The third-order valence-corrected chi connectivity index (χ3v) is 4.66. The monoisotopic (exact) mass is 338 g/mol. The van der Waals surface area contributed by atoms with Crippen molar-refractivity contribution in [1.82, 2.24) is 4.57 Å². The van der Waals surface area contributed by atoms with E-state index in [1.54, 1.807) is 19.0 Å². The summed E-state index contributed by atoms with van der Waals surface area (Å²) in [7, 11) is 3.48. The number of pyridine rings is 1. The van der Waals surface area contributed by atoms with Gasteiger partial charge in [-0.25, -0.2) is 0 Å². The molecule has 0 unspecified atom stereocenters. The van der Waals surface area contributed by atoms with Crippen LogP contribution in [0.5, 0.6) is 5.75 Å². The first-order chi connectivity index (χ1) is 11.4. The standard InChI is InChI=1S/C19H18N2O2S/c1-12-9-10-15-14(11-12)17(22)16(18(23)21(15)3)19(24)20(2)13-7-5-4-6-8-13/h4-11,22H,1-3H3. The van der Waals surface area contributed by atoms with E-state index in [0.29, 0.717) is 15.9 Å². The molecule has 1 aromatic heterocycles. The molecule has 122 valence electrons. The highest BCUT2D eigenvalue weighted by atomic mass is 32.1. The molecule has 0 aliphatic carbocycles. The zero-order valence-electron chi connectivity index (χ0n) is 13.8. The van der Waals surface area contributed by atoms with Crippen LogP contribution in [0.1, 0.15) is 11.1 Å². The van der Waals surface area contributed by atoms with Crippen LogP contribution in [0.3, 0.4) is 0 Å². The molecule has 5 heteroatoms. The number of aromatic nitrogens is 1. The molecule has 4 nitrogen and oxygen atoms in total. The number of aryl methyl sites for hydroxylation is 2. The molecule has 0 fully saturated rings. The van der Waals surface area contributed by atoms with Crippen molar-refractivity contribution in [3.8, 4) is 5.75 Å². The lowest BCUT2D eigenvalue weighted by Gasteiger charge is -2.21. The summed E-state index contributed by atoms with van der Waals surface area (Å²) in [5.41, 5.74) is 2.38. The molecule has 3 rings (SSSR count). The Balaban J connectivity index is 2.23. The number of benzene rings is 2. The van der Waals surface area contributed by atoms with Crippen molar-refractivity contribution in [2.45, 2.75) is 6.92 Å². The SMILES string of the molecule is Cc1ccc2c(c1)c(O)c(C(=S)N(C)c1ccccc1)c(=O)n2C. The van der Waals surface area contributed by atoms with Crippen LogP contribution in [-0.2, 0) is 7.05 Å². The largest absolute Gasteiger partial charge is 0.506 e. The first kappa shape index (κ1) is 16.2. The summed E-state index contributed by atoms with van der Waals surface area (Å²) in [6.45, 7) is 1.94. The van der Waals surface area contributed by atoms with Gasteiger partial charge in [-0.1, -0.05) is 42.0 Å². The molecule has 0 saturated carbocycles. The van der Waals surface area contributed by atoms with E-state index in [1.165, 1.54) is 4.57 Å². The van der Waals surface area contributed by atoms with Gasteiger partial charge in [0.25, 0.3) is 5.56 Å². The summed E-state index contributed by atoms with van der Waals surface area (Å²) in [6.07, 6.45) is 0. The Bertz CT molecular complexity index is 994. The number of fused-ring (bicyclic) bond motifs is 1. The summed E-state index contributed by atoms with van der Waals surface area (Å²) >= 11 is 5.51. The van der Waals surface area contributed by atoms with Gasteiger partial charge in [0, 0.05) is 25.2 Å². The molecular formula is C19H18N2O2S. The molecule has 24 heavy (non-hydrogen) atoms. The average molecular weight is 338 g/mol. The van der Waals surface area contributed by atoms with Crippen LogP contribution in [-0.4, -0.2) is 21.7 Å². The van der Waals surface area contributed by atoms with Gasteiger partial charge in [0.05, 0.1) is 5.52 Å². The van der Waals surface area contributed by atoms with Crippen molar-refractivity contribution >= 4 is 33.8 Å². The predicted octanol–water partition coefficient (Wildman–Crippen LogP) is 3.36. The molecule has 3 aromatic rings. The van der Waals surface area contributed by atoms with Crippen molar-refractivity contribution in [3.63, 3.8) is 0 Å². The maximum Gasteiger partial charge on any atom is 0.264 e. The van der Waals surface area contributed by atoms with Gasteiger partial charge >= 0.3 is 0 Å². The number of aromatic hydroxyl groups is 1. The van der Waals surface area contributed by atoms with E-state index in [0.717, 1.165) is 11.3 Å². The van der Waals surface area contributed by atoms with E-state index in [-0.39, 0.29) is 16.9 Å². The smallest absolute Gasteiger partial charge is 0.264 e. The molecule has 0 saturated heterocycles. The predicted molar refractivity (Wildman–Crippen MR) is 102 cm³/mol. The molecular weight excluding hydrogens is 320 g/mol. The number of anilines is 1. The Hall–Kier alpha value is -2.66. The topological polar surface area (TPSA) is 45.5 Å². The molecule has 2 aromatic carbocycles. The molecule has 0 radical (unpaired) electrons. The third kappa shape index (κ3) is 2.57. The summed E-state index contributed by atoms with van der Waals surface area (Å²) in [5, 5.41) is 11.3. The quantitative estimate of drug-likeness (QED) is 0.728. The first-order valence-electron chi connectivity index (χ1n) is 7.57. The Kier molecular flexibility index (Phi) is 4.11. The zero-order valence-corrected chi connectivity index (χ0v) is 14.6. The highest BCUT2D eigenvalue weighted by Gasteiger charge is 2.21. The lowest BCUT2D eigenvalue weighted by molar-refractivity contribution is 0.478. The van der Waals surface area contributed by atoms with Crippen molar-refractivity contribution in [1.29, 1.82) is 0 Å². The van der Waals surface area contributed by atoms with Crippen molar-refractivity contribution in [2.75, 3.05) is 11.9 Å². The normalized spacial score (nSPS) is 10.8. The van der Waals surface area contributed by atoms with Crippen LogP contribution in [0.2, 0.25) is 0 Å². The minimum Gasteiger partial charge on any atom is -0.506 e. The number of rotatable bonds is 2. The Morgan fingerprint density at radius 2 is 1.83 bits per heavy atom. The lowest BCUT2D eigenvalue weighted by atomic mass is 10.1. The molecule has 0 bridgehead atoms. The minimum atomic E-state index is -0.309. The highest BCUT2D eigenvalue weighted by Crippen LogP contribution is 2.28. The molecule has 0 atom stereocenters. The molecule has 0 spiro atoms. The molecule has 0 amide bonds. The molecule has 1 heterocycles. The molecule has 1 N–H and O–H groups in total. The van der Waals surface area contributed by atoms with Gasteiger partial charge in [-0.15, -0.1) is 0 Å². The number of hydrogen-bond donors (Lipinski definition) is 1. The number of nitrogens with zero attached hydrogens (tertiary/aromatic N) is 2. The third-order valence-electron chi connectivity index (χ3n) is 4.19. The van der Waals surface area contributed by atoms with Gasteiger partial charge in [0.2, 0.25) is 0 Å². The van der Waals surface area contributed by atoms with Crippen molar-refractivity contribution < 1.29 is 5.11 Å². The Morgan fingerprint density at radius 3 is 2.50 bits per heavy atom. The van der Waals surface area contributed by atoms with Crippen LogP contribution < -0.4 is 10.5 Å². The summed E-state index contributed by atoms with van der Waals surface area (Å²) < 4.78 is 1.52. The Labute approximate surface area is 145 Å². The molecule has 0 aliphatic rings. The fourth-order valence-electron chi connectivity index (χ4n) is 2.77. The van der Waals surface area contributed by atoms with Gasteiger partial charge in [0.1, 0.15) is 16.3 Å². The number of para-hydroxylation sites is 1. The van der Waals surface area contributed by atoms with E-state index in [1.807, 2.05) is 55.5 Å². The van der Waals surface area contributed by atoms with E-state index in [2.05, 4.69) is 0 Å². The van der Waals surface area contributed by atoms with Crippen molar-refractivity contribution in [3.05, 3.63) is 70.0 Å². The maximum atomic E-state index is 12.8. The second-order valence-corrected chi connectivity index (χ2v) is 6.19. The summed E-state index contributed by atoms with van der Waals surface area (Å²) in [5.74, 6) is -0.0652. The minimum absolute atomic E-state index is 0.0652. The fourth-order valence-corrected chi connectivity index (χ4v) is 3.06. The van der Waals surface area contributed by atoms with E-state index < -0.39 is 0 Å². The van der Waals surface area contributed by atoms with Crippen LogP contribution in [0.25, 0.3) is 10.9 Å². The summed E-state index contributed by atoms with van der Waals surface area (Å²) in [4.78, 5) is 14.8. The second-order valence-electron chi connectivity index (χ2n) is 5.81. The van der Waals surface area contributed by atoms with Gasteiger partial charge in [-0.2, -0.15) is 0 Å². The van der Waals surface area contributed by atoms with Crippen LogP contribution in [0, 0.1) is 6.92 Å². The second kappa shape index (κ2) is 6.09. The van der Waals surface area contributed by atoms with Gasteiger partial charge < -0.3 is 14.6 Å². The van der Waals surface area contributed by atoms with Crippen molar-refractivity contribution in [2.24, 2.45) is 7.05 Å². The van der Waals surface area contributed by atoms with E-state index >= 15 is 0 Å². The number of thiocarbonyl (C=S) groups is 1. The first-order valence-corrected chi connectivity index (χ1v) is 7.98. The van der Waals surface area contributed by atoms with Crippen LogP contribution in [0.15, 0.2) is 53.3 Å². The van der Waals surface area contributed by atoms with E-state index in [4.69, 9.17) is 12.2 Å². The zero-order chi connectivity index (χ0) is 17.4. The lowest BCUT2D eigenvalue weighted by Crippen LogP contribution is -2.33. The number of hydrogen-bond acceptors (Lipinski definition) is 3.